The van der Waals surface area contributed by atoms with Crippen molar-refractivity contribution < 1.29 is 156 Å². The van der Waals surface area contributed by atoms with Gasteiger partial charge in [0.25, 0.3) is 0 Å². The van der Waals surface area contributed by atoms with E-state index in [1.807, 2.05) is 0 Å². The van der Waals surface area contributed by atoms with Crippen molar-refractivity contribution in [2.45, 2.75) is 110 Å². The maximum Gasteiger partial charge on any atom is 0.397 e. The molecular formula is C24H36N2O34S5. The summed E-state index contributed by atoms with van der Waals surface area (Å²) in [6, 6.07) is -4.62. The van der Waals surface area contributed by atoms with Gasteiger partial charge in [0.15, 0.2) is 37.2 Å². The van der Waals surface area contributed by atoms with E-state index < -0.39 is 193 Å². The van der Waals surface area contributed by atoms with Crippen molar-refractivity contribution in [2.24, 2.45) is 0 Å². The van der Waals surface area contributed by atoms with Crippen molar-refractivity contribution in [1.82, 2.24) is 9.44 Å². The molecule has 0 amide bonds. The lowest BCUT2D eigenvalue weighted by molar-refractivity contribution is -0.357. The van der Waals surface area contributed by atoms with Crippen molar-refractivity contribution in [3.63, 3.8) is 0 Å². The lowest BCUT2D eigenvalue weighted by atomic mass is 9.95. The minimum absolute atomic E-state index is 0.309. The molecule has 5 heterocycles. The molecule has 0 aromatic heterocycles. The van der Waals surface area contributed by atoms with E-state index in [2.05, 4.69) is 12.5 Å². The molecule has 65 heavy (non-hydrogen) atoms. The van der Waals surface area contributed by atoms with Crippen LogP contribution in [0.1, 0.15) is 0 Å². The van der Waals surface area contributed by atoms with Crippen LogP contribution in [-0.2, 0) is 112 Å². The summed E-state index contributed by atoms with van der Waals surface area (Å²) in [5, 5.41) is 63.9. The Morgan fingerprint density at radius 2 is 1.17 bits per heavy atom. The first-order valence-electron chi connectivity index (χ1n) is 17.1. The van der Waals surface area contributed by atoms with Gasteiger partial charge in [0.1, 0.15) is 67.0 Å². The van der Waals surface area contributed by atoms with E-state index in [1.165, 1.54) is 4.72 Å². The zero-order valence-electron chi connectivity index (χ0n) is 31.2. The molecule has 376 valence electrons. The van der Waals surface area contributed by atoms with Gasteiger partial charge in [0.05, 0.1) is 13.2 Å². The van der Waals surface area contributed by atoms with Gasteiger partial charge in [-0.05, 0) is 6.08 Å². The maximum atomic E-state index is 12.6. The Hall–Kier alpha value is -2.61. The van der Waals surface area contributed by atoms with E-state index in [0.29, 0.717) is 6.08 Å². The number of ether oxygens (including phenoxy) is 8. The molecule has 5 aliphatic heterocycles. The highest BCUT2D eigenvalue weighted by Gasteiger charge is 2.59. The number of carboxylic acids is 2. The van der Waals surface area contributed by atoms with E-state index in [0.717, 1.165) is 0 Å². The van der Waals surface area contributed by atoms with Crippen molar-refractivity contribution in [3.8, 4) is 0 Å². The molecule has 0 unspecified atom stereocenters. The van der Waals surface area contributed by atoms with Gasteiger partial charge in [-0.1, -0.05) is 0 Å². The Labute approximate surface area is 363 Å². The first kappa shape index (κ1) is 53.3. The summed E-state index contributed by atoms with van der Waals surface area (Å²) in [7, 11) is -27.9. The Balaban J connectivity index is 1.52. The molecule has 5 rings (SSSR count). The average molecular weight is 1060 g/mol. The van der Waals surface area contributed by atoms with Crippen LogP contribution in [0.3, 0.4) is 0 Å². The molecule has 2 bridgehead atoms. The monoisotopic (exact) mass is 1060 g/mol. The molecule has 0 radical (unpaired) electrons. The van der Waals surface area contributed by atoms with E-state index in [9.17, 15) is 105 Å². The summed E-state index contributed by atoms with van der Waals surface area (Å²) in [5.74, 6) is -5.46. The minimum atomic E-state index is -5.82. The molecule has 0 saturated carbocycles. The predicted molar refractivity (Wildman–Crippen MR) is 186 cm³/mol. The van der Waals surface area contributed by atoms with Gasteiger partial charge in [0.2, 0.25) is 12.0 Å². The van der Waals surface area contributed by atoms with Gasteiger partial charge >= 0.3 is 63.7 Å². The highest BCUT2D eigenvalue weighted by Crippen LogP contribution is 2.37. The second-order valence-corrected chi connectivity index (χ2v) is 19.3. The largest absolute Gasteiger partial charge is 0.479 e. The third-order valence-corrected chi connectivity index (χ3v) is 11.7. The van der Waals surface area contributed by atoms with Crippen molar-refractivity contribution in [2.75, 3.05) is 13.2 Å². The Kier molecular flexibility index (Phi) is 16.2. The Morgan fingerprint density at radius 1 is 0.631 bits per heavy atom. The van der Waals surface area contributed by atoms with Crippen molar-refractivity contribution >= 4 is 63.7 Å². The van der Waals surface area contributed by atoms with E-state index in [1.54, 1.807) is 4.72 Å². The second kappa shape index (κ2) is 19.8. The van der Waals surface area contributed by atoms with Crippen LogP contribution >= 0.6 is 0 Å². The van der Waals surface area contributed by atoms with E-state index in [4.69, 9.17) is 37.9 Å². The van der Waals surface area contributed by atoms with Gasteiger partial charge in [-0.2, -0.15) is 51.5 Å². The zero-order chi connectivity index (χ0) is 48.9. The highest BCUT2D eigenvalue weighted by atomic mass is 32.3. The third-order valence-electron chi connectivity index (χ3n) is 9.21. The van der Waals surface area contributed by atoms with E-state index in [-0.39, 0.29) is 0 Å². The molecule has 0 spiro atoms. The number of aliphatic carboxylic acids is 2. The van der Waals surface area contributed by atoms with Crippen LogP contribution in [0.15, 0.2) is 11.8 Å². The van der Waals surface area contributed by atoms with Crippen LogP contribution in [0.4, 0.5) is 0 Å². The number of nitrogens with one attached hydrogen (secondary N) is 2. The molecule has 13 N–H and O–H groups in total. The van der Waals surface area contributed by atoms with E-state index >= 15 is 0 Å². The number of fused-ring (bicyclic) bond motifs is 2. The Morgan fingerprint density at radius 3 is 1.71 bits per heavy atom. The van der Waals surface area contributed by atoms with Crippen LogP contribution in [0.25, 0.3) is 0 Å². The van der Waals surface area contributed by atoms with Crippen LogP contribution in [-0.4, -0.2) is 231 Å². The van der Waals surface area contributed by atoms with Crippen LogP contribution in [0.2, 0.25) is 0 Å². The summed E-state index contributed by atoms with van der Waals surface area (Å²) < 4.78 is 223. The van der Waals surface area contributed by atoms with Gasteiger partial charge in [-0.3, -0.25) is 22.8 Å². The molecular weight excluding hydrogens is 1020 g/mol. The van der Waals surface area contributed by atoms with Gasteiger partial charge in [-0.25, -0.2) is 22.1 Å². The molecule has 5 aliphatic rings. The summed E-state index contributed by atoms with van der Waals surface area (Å²) in [6.07, 6.45) is -39.1. The maximum absolute atomic E-state index is 12.6. The smallest absolute Gasteiger partial charge is 0.397 e. The quantitative estimate of drug-likeness (QED) is 0.0534. The lowest BCUT2D eigenvalue weighted by Crippen LogP contribution is -2.70. The molecule has 0 aromatic carbocycles. The molecule has 41 heteroatoms. The fourth-order valence-corrected chi connectivity index (χ4v) is 9.21. The molecule has 18 atom stereocenters. The number of aliphatic hydroxyl groups is 4. The fraction of sp³-hybridized carbons (Fsp3) is 0.833. The second-order valence-electron chi connectivity index (χ2n) is 13.7. The normalized spacial score (nSPS) is 39.6. The molecule has 0 aromatic rings. The number of hydrogen-bond donors (Lipinski definition) is 13. The first-order valence-corrected chi connectivity index (χ1v) is 24.1. The number of aliphatic hydroxyl groups excluding tert-OH is 4. The molecule has 0 aliphatic carbocycles. The number of rotatable bonds is 19. The molecule has 4 fully saturated rings. The Bertz CT molecular complexity index is 2360. The fourth-order valence-electron chi connectivity index (χ4n) is 6.75. The van der Waals surface area contributed by atoms with Gasteiger partial charge < -0.3 is 68.5 Å². The SMILES string of the molecule is O=C(O)C1=C[C@@H](O)[C@H](OS(=O)(=O)O)[C@@H](O[C@@H]2[C@@H](O)[C@H](NS(=O)(=O)O)[C@H](O[C@@H]3[C@@H](O)[C@@H](OS(=O)(=O)O)[C@@H](O[C@@H]4[C@@H](O)[C@@H](NS(=O)(=O)O)[C@H]5OC[C@@H]4O5)O[C@@H]3C(=O)O)O[C@H]2COS(=O)(=O)O)O1. The highest BCUT2D eigenvalue weighted by molar-refractivity contribution is 7.84. The summed E-state index contributed by atoms with van der Waals surface area (Å²) in [5.41, 5.74) is 0. The topological polar surface area (TPSA) is 553 Å². The molecule has 4 saturated heterocycles. The summed E-state index contributed by atoms with van der Waals surface area (Å²) >= 11 is 0. The van der Waals surface area contributed by atoms with Crippen LogP contribution < -0.4 is 9.44 Å². The van der Waals surface area contributed by atoms with Gasteiger partial charge in [-0.15, -0.1) is 0 Å². The van der Waals surface area contributed by atoms with Crippen LogP contribution in [0.5, 0.6) is 0 Å². The number of hydrogen-bond acceptors (Lipinski definition) is 27. The summed E-state index contributed by atoms with van der Waals surface area (Å²) in [4.78, 5) is 24.3. The average Bonchev–Trinajstić information content (AvgIpc) is 3.58. The predicted octanol–water partition coefficient (Wildman–Crippen LogP) is -9.08. The third kappa shape index (κ3) is 14.0. The number of carboxylic acid groups (broad SMARTS) is 2. The zero-order valence-corrected chi connectivity index (χ0v) is 35.3. The van der Waals surface area contributed by atoms with Crippen molar-refractivity contribution in [3.05, 3.63) is 11.8 Å². The minimum Gasteiger partial charge on any atom is -0.479 e. The molecule has 36 nitrogen and oxygen atoms in total. The van der Waals surface area contributed by atoms with Gasteiger partial charge in [0, 0.05) is 0 Å². The standard InChI is InChI=1S/C24H36N2O34S5/c27-4-1-5(19(31)32)52-23(13(4)59-64(44,45)46)55-15-7(3-51-63(41,42)43)54-22(9(11(15)29)26-62(38,39)40)57-16-12(30)17(60-65(47,48)49)24(58-18(16)20(33)34)56-14-6-2-50-21(53-6)8(10(14)28)25-61(35,36)37/h1,4,6-18,21-30H,2-3H2,(H,31,32)(H,33,34)(H,35,36,37)(H,38,39,40)(H,41,42,43)(H,44,45,46)(H,47,48,49)/t4-,6+,7+,8-,9+,10+,11+,12-,13+,14+,15+,16-,17-,18+,21+,22+,23-,24+/m1/s1. The number of carbonyl (C=O) groups is 2. The first-order chi connectivity index (χ1) is 29.6. The summed E-state index contributed by atoms with van der Waals surface area (Å²) in [6.45, 7) is -2.18. The van der Waals surface area contributed by atoms with Crippen LogP contribution in [0, 0.1) is 0 Å². The van der Waals surface area contributed by atoms with Crippen molar-refractivity contribution in [1.29, 1.82) is 0 Å². The lowest BCUT2D eigenvalue weighted by Gasteiger charge is -2.49.